The van der Waals surface area contributed by atoms with Crippen LogP contribution in [0.2, 0.25) is 0 Å². The number of nitrogens with one attached hydrogen (secondary N) is 2. The molecule has 1 saturated carbocycles. The molecule has 0 spiro atoms. The maximum absolute atomic E-state index is 11.7. The van der Waals surface area contributed by atoms with E-state index < -0.39 is 5.41 Å². The van der Waals surface area contributed by atoms with Gasteiger partial charge in [0.25, 0.3) is 0 Å². The predicted octanol–water partition coefficient (Wildman–Crippen LogP) is -0.0674. The Kier molecular flexibility index (Phi) is 3.67. The molecule has 0 aliphatic heterocycles. The first-order chi connectivity index (χ1) is 7.14. The molecule has 1 fully saturated rings. The largest absolute Gasteiger partial charge is 0.358 e. The summed E-state index contributed by atoms with van der Waals surface area (Å²) in [5, 5.41) is 13.9. The van der Waals surface area contributed by atoms with E-state index >= 15 is 0 Å². The highest BCUT2D eigenvalue weighted by molar-refractivity contribution is 5.89. The van der Waals surface area contributed by atoms with Crippen LogP contribution in [0.15, 0.2) is 0 Å². The highest BCUT2D eigenvalue weighted by Crippen LogP contribution is 2.37. The maximum Gasteiger partial charge on any atom is 0.240 e. The standard InChI is InChI=1S/C10H15N3O2/c1-12-8(14)6-13-9(15)10(7-11)4-2-3-5-10/h2-6H2,1H3,(H,12,14)(H,13,15). The van der Waals surface area contributed by atoms with E-state index in [1.165, 1.54) is 7.05 Å². The number of carbonyl (C=O) groups excluding carboxylic acids is 2. The fourth-order valence-corrected chi connectivity index (χ4v) is 1.79. The summed E-state index contributed by atoms with van der Waals surface area (Å²) < 4.78 is 0. The lowest BCUT2D eigenvalue weighted by Crippen LogP contribution is -2.42. The first-order valence-corrected chi connectivity index (χ1v) is 5.05. The number of likely N-dealkylation sites (N-methyl/N-ethyl adjacent to an activating group) is 1. The Labute approximate surface area is 88.8 Å². The Bertz CT molecular complexity index is 300. The fourth-order valence-electron chi connectivity index (χ4n) is 1.79. The van der Waals surface area contributed by atoms with E-state index in [2.05, 4.69) is 16.7 Å². The van der Waals surface area contributed by atoms with Crippen molar-refractivity contribution >= 4 is 11.8 Å². The Morgan fingerprint density at radius 2 is 2.00 bits per heavy atom. The molecular formula is C10H15N3O2. The van der Waals surface area contributed by atoms with Gasteiger partial charge in [-0.15, -0.1) is 0 Å². The summed E-state index contributed by atoms with van der Waals surface area (Å²) in [7, 11) is 1.50. The van der Waals surface area contributed by atoms with Crippen molar-refractivity contribution in [3.63, 3.8) is 0 Å². The van der Waals surface area contributed by atoms with Gasteiger partial charge in [0.1, 0.15) is 5.41 Å². The molecule has 0 aromatic carbocycles. The third-order valence-corrected chi connectivity index (χ3v) is 2.79. The first-order valence-electron chi connectivity index (χ1n) is 5.05. The second-order valence-corrected chi connectivity index (χ2v) is 3.76. The quantitative estimate of drug-likeness (QED) is 0.682. The van der Waals surface area contributed by atoms with Crippen molar-refractivity contribution in [2.24, 2.45) is 5.41 Å². The minimum atomic E-state index is -0.895. The van der Waals surface area contributed by atoms with Crippen molar-refractivity contribution in [2.75, 3.05) is 13.6 Å². The van der Waals surface area contributed by atoms with Crippen LogP contribution in [0.3, 0.4) is 0 Å². The number of amides is 2. The fraction of sp³-hybridized carbons (Fsp3) is 0.700. The number of rotatable bonds is 3. The minimum absolute atomic E-state index is 0.0568. The van der Waals surface area contributed by atoms with Crippen LogP contribution >= 0.6 is 0 Å². The Morgan fingerprint density at radius 3 is 2.47 bits per heavy atom. The topological polar surface area (TPSA) is 82.0 Å². The van der Waals surface area contributed by atoms with Gasteiger partial charge >= 0.3 is 0 Å². The molecule has 15 heavy (non-hydrogen) atoms. The van der Waals surface area contributed by atoms with E-state index in [0.717, 1.165) is 12.8 Å². The van der Waals surface area contributed by atoms with Crippen molar-refractivity contribution in [1.82, 2.24) is 10.6 Å². The SMILES string of the molecule is CNC(=O)CNC(=O)C1(C#N)CCCC1. The molecule has 0 unspecified atom stereocenters. The maximum atomic E-state index is 11.7. The van der Waals surface area contributed by atoms with Crippen LogP contribution in [0.4, 0.5) is 0 Å². The van der Waals surface area contributed by atoms with Crippen molar-refractivity contribution in [3.8, 4) is 6.07 Å². The minimum Gasteiger partial charge on any atom is -0.358 e. The number of hydrogen-bond donors (Lipinski definition) is 2. The summed E-state index contributed by atoms with van der Waals surface area (Å²) in [6.07, 6.45) is 3.01. The molecule has 82 valence electrons. The van der Waals surface area contributed by atoms with E-state index in [-0.39, 0.29) is 18.4 Å². The highest BCUT2D eigenvalue weighted by atomic mass is 16.2. The number of nitriles is 1. The lowest BCUT2D eigenvalue weighted by molar-refractivity contribution is -0.130. The summed E-state index contributed by atoms with van der Waals surface area (Å²) in [4.78, 5) is 22.6. The number of carbonyl (C=O) groups is 2. The van der Waals surface area contributed by atoms with E-state index in [9.17, 15) is 9.59 Å². The van der Waals surface area contributed by atoms with E-state index in [1.807, 2.05) is 0 Å². The summed E-state index contributed by atoms with van der Waals surface area (Å²) in [5.41, 5.74) is -0.895. The molecule has 1 aliphatic carbocycles. The van der Waals surface area contributed by atoms with Crippen LogP contribution in [0, 0.1) is 16.7 Å². The summed E-state index contributed by atoms with van der Waals surface area (Å²) in [6, 6.07) is 2.08. The van der Waals surface area contributed by atoms with Gasteiger partial charge in [0.2, 0.25) is 11.8 Å². The molecule has 0 saturated heterocycles. The third-order valence-electron chi connectivity index (χ3n) is 2.79. The van der Waals surface area contributed by atoms with Crippen LogP contribution in [0.25, 0.3) is 0 Å². The average molecular weight is 209 g/mol. The summed E-state index contributed by atoms with van der Waals surface area (Å²) >= 11 is 0. The second-order valence-electron chi connectivity index (χ2n) is 3.76. The highest BCUT2D eigenvalue weighted by Gasteiger charge is 2.41. The van der Waals surface area contributed by atoms with Crippen LogP contribution in [0.1, 0.15) is 25.7 Å². The molecule has 0 aromatic rings. The molecular weight excluding hydrogens is 194 g/mol. The molecule has 5 heteroatoms. The van der Waals surface area contributed by atoms with Gasteiger partial charge in [-0.3, -0.25) is 9.59 Å². The van der Waals surface area contributed by atoms with Crippen molar-refractivity contribution in [2.45, 2.75) is 25.7 Å². The van der Waals surface area contributed by atoms with Gasteiger partial charge in [-0.05, 0) is 12.8 Å². The lowest BCUT2D eigenvalue weighted by Gasteiger charge is -2.18. The third kappa shape index (κ3) is 2.46. The summed E-state index contributed by atoms with van der Waals surface area (Å²) in [6.45, 7) is -0.0568. The van der Waals surface area contributed by atoms with Gasteiger partial charge in [0.05, 0.1) is 12.6 Å². The zero-order chi connectivity index (χ0) is 11.3. The van der Waals surface area contributed by atoms with Crippen LogP contribution in [0.5, 0.6) is 0 Å². The molecule has 1 aliphatic rings. The number of nitrogens with zero attached hydrogens (tertiary/aromatic N) is 1. The Balaban J connectivity index is 2.52. The predicted molar refractivity (Wildman–Crippen MR) is 53.6 cm³/mol. The van der Waals surface area contributed by atoms with E-state index in [0.29, 0.717) is 12.8 Å². The smallest absolute Gasteiger partial charge is 0.240 e. The summed E-state index contributed by atoms with van der Waals surface area (Å²) in [5.74, 6) is -0.569. The molecule has 5 nitrogen and oxygen atoms in total. The van der Waals surface area contributed by atoms with Gasteiger partial charge < -0.3 is 10.6 Å². The molecule has 0 radical (unpaired) electrons. The second kappa shape index (κ2) is 4.78. The number of hydrogen-bond acceptors (Lipinski definition) is 3. The van der Waals surface area contributed by atoms with Gasteiger partial charge in [0, 0.05) is 7.05 Å². The van der Waals surface area contributed by atoms with E-state index in [4.69, 9.17) is 5.26 Å². The van der Waals surface area contributed by atoms with Crippen LogP contribution in [-0.4, -0.2) is 25.4 Å². The van der Waals surface area contributed by atoms with Crippen molar-refractivity contribution < 1.29 is 9.59 Å². The molecule has 0 aromatic heterocycles. The van der Waals surface area contributed by atoms with Crippen LogP contribution < -0.4 is 10.6 Å². The zero-order valence-electron chi connectivity index (χ0n) is 8.80. The molecule has 0 heterocycles. The first kappa shape index (κ1) is 11.5. The van der Waals surface area contributed by atoms with Crippen molar-refractivity contribution in [3.05, 3.63) is 0 Å². The van der Waals surface area contributed by atoms with Crippen LogP contribution in [-0.2, 0) is 9.59 Å². The van der Waals surface area contributed by atoms with Gasteiger partial charge in [-0.25, -0.2) is 0 Å². The Hall–Kier alpha value is -1.57. The lowest BCUT2D eigenvalue weighted by atomic mass is 9.87. The Morgan fingerprint density at radius 1 is 1.40 bits per heavy atom. The van der Waals surface area contributed by atoms with Gasteiger partial charge in [0.15, 0.2) is 0 Å². The van der Waals surface area contributed by atoms with Crippen molar-refractivity contribution in [1.29, 1.82) is 5.26 Å². The molecule has 2 amide bonds. The normalized spacial score (nSPS) is 17.9. The van der Waals surface area contributed by atoms with Gasteiger partial charge in [-0.1, -0.05) is 12.8 Å². The zero-order valence-corrected chi connectivity index (χ0v) is 8.80. The molecule has 0 bridgehead atoms. The van der Waals surface area contributed by atoms with E-state index in [1.54, 1.807) is 0 Å². The molecule has 1 rings (SSSR count). The molecule has 2 N–H and O–H groups in total. The van der Waals surface area contributed by atoms with Gasteiger partial charge in [-0.2, -0.15) is 5.26 Å². The average Bonchev–Trinajstić information content (AvgIpc) is 2.75. The molecule has 0 atom stereocenters. The monoisotopic (exact) mass is 209 g/mol.